The van der Waals surface area contributed by atoms with Crippen LogP contribution in [0.1, 0.15) is 26.7 Å². The van der Waals surface area contributed by atoms with Gasteiger partial charge in [-0.25, -0.2) is 0 Å². The molecule has 1 aromatic carbocycles. The van der Waals surface area contributed by atoms with Crippen molar-refractivity contribution in [3.63, 3.8) is 0 Å². The van der Waals surface area contributed by atoms with Crippen LogP contribution in [-0.4, -0.2) is 56.7 Å². The van der Waals surface area contributed by atoms with Gasteiger partial charge in [0.05, 0.1) is 5.69 Å². The van der Waals surface area contributed by atoms with Crippen molar-refractivity contribution in [2.75, 3.05) is 25.0 Å². The molecule has 1 saturated heterocycles. The molecule has 3 N–H and O–H groups in total. The number of anilines is 1. The molecule has 2 atom stereocenters. The number of tetrazole rings is 1. The summed E-state index contributed by atoms with van der Waals surface area (Å²) in [6.45, 7) is 6.14. The molecule has 1 aromatic heterocycles. The lowest BCUT2D eigenvalue weighted by atomic mass is 9.90. The van der Waals surface area contributed by atoms with Crippen LogP contribution in [0.5, 0.6) is 0 Å². The van der Waals surface area contributed by atoms with E-state index in [9.17, 15) is 4.79 Å². The summed E-state index contributed by atoms with van der Waals surface area (Å²) in [7, 11) is 0. The molecule has 2 unspecified atom stereocenters. The van der Waals surface area contributed by atoms with Crippen LogP contribution in [0, 0.1) is 5.41 Å². The molecule has 0 spiro atoms. The third-order valence-corrected chi connectivity index (χ3v) is 4.84. The second-order valence-electron chi connectivity index (χ2n) is 6.88. The van der Waals surface area contributed by atoms with E-state index in [2.05, 4.69) is 27.8 Å². The van der Waals surface area contributed by atoms with Crippen molar-refractivity contribution in [3.05, 3.63) is 30.3 Å². The molecule has 1 fully saturated rings. The summed E-state index contributed by atoms with van der Waals surface area (Å²) < 4.78 is 1.60. The van der Waals surface area contributed by atoms with E-state index in [0.29, 0.717) is 25.5 Å². The summed E-state index contributed by atoms with van der Waals surface area (Å²) in [6, 6.07) is 9.23. The molecule has 134 valence electrons. The van der Waals surface area contributed by atoms with Gasteiger partial charge in [0.25, 0.3) is 0 Å². The van der Waals surface area contributed by atoms with Gasteiger partial charge in [0, 0.05) is 13.1 Å². The molecule has 8 heteroatoms. The topological polar surface area (TPSA) is 102 Å². The minimum absolute atomic E-state index is 0.0135. The number of likely N-dealkylation sites (tertiary alicyclic amines) is 1. The summed E-state index contributed by atoms with van der Waals surface area (Å²) in [4.78, 5) is 14.8. The molecule has 2 aromatic rings. The van der Waals surface area contributed by atoms with Gasteiger partial charge >= 0.3 is 0 Å². The van der Waals surface area contributed by atoms with Crippen molar-refractivity contribution in [1.82, 2.24) is 25.1 Å². The number of carbonyl (C=O) groups excluding carboxylic acids is 1. The maximum Gasteiger partial charge on any atom is 0.248 e. The first-order chi connectivity index (χ1) is 12.1. The van der Waals surface area contributed by atoms with Crippen LogP contribution in [0.3, 0.4) is 0 Å². The lowest BCUT2D eigenvalue weighted by Crippen LogP contribution is -2.43. The zero-order valence-electron chi connectivity index (χ0n) is 14.7. The Morgan fingerprint density at radius 2 is 2.16 bits per heavy atom. The van der Waals surface area contributed by atoms with Crippen molar-refractivity contribution >= 4 is 11.9 Å². The van der Waals surface area contributed by atoms with Gasteiger partial charge in [-0.2, -0.15) is 4.68 Å². The van der Waals surface area contributed by atoms with Crippen LogP contribution >= 0.6 is 0 Å². The van der Waals surface area contributed by atoms with Crippen LogP contribution in [0.25, 0.3) is 5.69 Å². The Morgan fingerprint density at radius 3 is 2.80 bits per heavy atom. The average molecular weight is 343 g/mol. The second kappa shape index (κ2) is 7.18. The molecule has 2 heterocycles. The van der Waals surface area contributed by atoms with Crippen molar-refractivity contribution in [2.45, 2.75) is 32.7 Å². The van der Waals surface area contributed by atoms with E-state index >= 15 is 0 Å². The number of hydrogen-bond acceptors (Lipinski definition) is 6. The first-order valence-corrected chi connectivity index (χ1v) is 8.65. The van der Waals surface area contributed by atoms with Gasteiger partial charge in [-0.15, -0.1) is 0 Å². The summed E-state index contributed by atoms with van der Waals surface area (Å²) >= 11 is 0. The summed E-state index contributed by atoms with van der Waals surface area (Å²) in [5, 5.41) is 15.0. The summed E-state index contributed by atoms with van der Waals surface area (Å²) in [5.74, 6) is 0.537. The highest BCUT2D eigenvalue weighted by Gasteiger charge is 2.37. The predicted octanol–water partition coefficient (Wildman–Crippen LogP) is 1.05. The van der Waals surface area contributed by atoms with Crippen LogP contribution in [0.4, 0.5) is 5.95 Å². The molecule has 0 saturated carbocycles. The highest BCUT2D eigenvalue weighted by molar-refractivity contribution is 5.84. The van der Waals surface area contributed by atoms with Crippen LogP contribution in [0.2, 0.25) is 0 Å². The largest absolute Gasteiger partial charge is 0.341 e. The van der Waals surface area contributed by atoms with Crippen LogP contribution in [0.15, 0.2) is 30.3 Å². The average Bonchev–Trinajstić information content (AvgIpc) is 3.27. The van der Waals surface area contributed by atoms with Gasteiger partial charge in [0.15, 0.2) is 0 Å². The van der Waals surface area contributed by atoms with Crippen molar-refractivity contribution in [2.24, 2.45) is 11.1 Å². The molecule has 1 aliphatic heterocycles. The maximum absolute atomic E-state index is 12.9. The van der Waals surface area contributed by atoms with E-state index < -0.39 is 0 Å². The number of rotatable bonds is 6. The fraction of sp³-hybridized carbons (Fsp3) is 0.529. The minimum atomic E-state index is -0.367. The predicted molar refractivity (Wildman–Crippen MR) is 95.2 cm³/mol. The quantitative estimate of drug-likeness (QED) is 0.813. The SMILES string of the molecule is CCC(Nc1nnnn1-c1ccccc1)C(=O)N1CCC(C)(CN)C1. The van der Waals surface area contributed by atoms with Crippen molar-refractivity contribution < 1.29 is 4.79 Å². The number of nitrogens with zero attached hydrogens (tertiary/aromatic N) is 5. The Balaban J connectivity index is 1.74. The van der Waals surface area contributed by atoms with Gasteiger partial charge in [0.2, 0.25) is 11.9 Å². The van der Waals surface area contributed by atoms with Crippen molar-refractivity contribution in [3.8, 4) is 5.69 Å². The van der Waals surface area contributed by atoms with Gasteiger partial charge < -0.3 is 16.0 Å². The van der Waals surface area contributed by atoms with Gasteiger partial charge in [-0.1, -0.05) is 37.1 Å². The normalized spacial score (nSPS) is 21.3. The Bertz CT molecular complexity index is 717. The molecule has 0 bridgehead atoms. The molecule has 3 rings (SSSR count). The Morgan fingerprint density at radius 1 is 1.40 bits per heavy atom. The van der Waals surface area contributed by atoms with E-state index in [-0.39, 0.29) is 17.4 Å². The van der Waals surface area contributed by atoms with E-state index in [0.717, 1.165) is 18.7 Å². The fourth-order valence-corrected chi connectivity index (χ4v) is 3.11. The van der Waals surface area contributed by atoms with Gasteiger partial charge in [-0.05, 0) is 47.4 Å². The monoisotopic (exact) mass is 343 g/mol. The van der Waals surface area contributed by atoms with Crippen LogP contribution < -0.4 is 11.1 Å². The number of amides is 1. The van der Waals surface area contributed by atoms with Gasteiger partial charge in [0.1, 0.15) is 6.04 Å². The third kappa shape index (κ3) is 3.63. The molecular formula is C17H25N7O. The Kier molecular flexibility index (Phi) is 4.98. The number of carbonyl (C=O) groups is 1. The molecule has 1 aliphatic rings. The maximum atomic E-state index is 12.9. The van der Waals surface area contributed by atoms with E-state index in [1.165, 1.54) is 0 Å². The van der Waals surface area contributed by atoms with Crippen molar-refractivity contribution in [1.29, 1.82) is 0 Å². The van der Waals surface area contributed by atoms with Gasteiger partial charge in [-0.3, -0.25) is 4.79 Å². The minimum Gasteiger partial charge on any atom is -0.341 e. The number of nitrogens with two attached hydrogens (primary N) is 1. The first kappa shape index (κ1) is 17.3. The van der Waals surface area contributed by atoms with Crippen LogP contribution in [-0.2, 0) is 4.79 Å². The molecule has 0 aliphatic carbocycles. The standard InChI is InChI=1S/C17H25N7O/c1-3-14(15(25)23-10-9-17(2,11-18)12-23)19-16-20-21-22-24(16)13-7-5-4-6-8-13/h4-8,14H,3,9-12,18H2,1-2H3,(H,19,20,22). The molecule has 1 amide bonds. The highest BCUT2D eigenvalue weighted by atomic mass is 16.2. The number of nitrogens with one attached hydrogen (secondary N) is 1. The second-order valence-corrected chi connectivity index (χ2v) is 6.88. The van der Waals surface area contributed by atoms with E-state index in [1.807, 2.05) is 42.2 Å². The smallest absolute Gasteiger partial charge is 0.248 e. The number of para-hydroxylation sites is 1. The molecule has 25 heavy (non-hydrogen) atoms. The molecular weight excluding hydrogens is 318 g/mol. The zero-order valence-corrected chi connectivity index (χ0v) is 14.7. The fourth-order valence-electron chi connectivity index (χ4n) is 3.11. The highest BCUT2D eigenvalue weighted by Crippen LogP contribution is 2.29. The number of aromatic nitrogens is 4. The summed E-state index contributed by atoms with van der Waals surface area (Å²) in [6.07, 6.45) is 1.59. The zero-order chi connectivity index (χ0) is 17.9. The van der Waals surface area contributed by atoms with E-state index in [1.54, 1.807) is 4.68 Å². The molecule has 8 nitrogen and oxygen atoms in total. The first-order valence-electron chi connectivity index (χ1n) is 8.65. The molecule has 0 radical (unpaired) electrons. The van der Waals surface area contributed by atoms with E-state index in [4.69, 9.17) is 5.73 Å². The Labute approximate surface area is 147 Å². The Hall–Kier alpha value is -2.48. The summed E-state index contributed by atoms with van der Waals surface area (Å²) in [5.41, 5.74) is 6.70. The lowest BCUT2D eigenvalue weighted by molar-refractivity contribution is -0.131. The third-order valence-electron chi connectivity index (χ3n) is 4.84. The lowest BCUT2D eigenvalue weighted by Gasteiger charge is -2.26. The number of hydrogen-bond donors (Lipinski definition) is 2. The number of benzene rings is 1.